The number of nitrogens with zero attached hydrogens (tertiary/aromatic N) is 1. The summed E-state index contributed by atoms with van der Waals surface area (Å²) in [5, 5.41) is 0. The third kappa shape index (κ3) is 8.23. The molecule has 1 heterocycles. The van der Waals surface area contributed by atoms with Gasteiger partial charge in [-0.3, -0.25) is 0 Å². The molecule has 0 aromatic heterocycles. The molecule has 5 nitrogen and oxygen atoms in total. The van der Waals surface area contributed by atoms with Crippen LogP contribution in [0.2, 0.25) is 0 Å². The number of rotatable bonds is 7. The second-order valence-electron chi connectivity index (χ2n) is 12.2. The maximum Gasteiger partial charge on any atom is 0.416 e. The van der Waals surface area contributed by atoms with Gasteiger partial charge in [0.2, 0.25) is 0 Å². The number of hydrogen-bond donors (Lipinski definition) is 0. The Morgan fingerprint density at radius 3 is 1.93 bits per heavy atom. The molecule has 0 bridgehead atoms. The fraction of sp³-hybridized carbons (Fsp3) is 0.533. The summed E-state index contributed by atoms with van der Waals surface area (Å²) < 4.78 is 107. The molecular weight excluding hydrogens is 571 g/mol. The molecule has 1 amide bonds. The summed E-state index contributed by atoms with van der Waals surface area (Å²) in [6.07, 6.45) is -12.2. The molecule has 3 rings (SSSR count). The van der Waals surface area contributed by atoms with E-state index in [1.807, 2.05) is 0 Å². The Hall–Kier alpha value is -3.15. The zero-order valence-electron chi connectivity index (χ0n) is 24.1. The molecular formula is C30H34F7NO4. The van der Waals surface area contributed by atoms with Gasteiger partial charge in [0, 0.05) is 17.4 Å². The Balaban J connectivity index is 2.10. The Labute approximate surface area is 240 Å². The number of ether oxygens (including phenoxy) is 2. The van der Waals surface area contributed by atoms with E-state index < -0.39 is 70.6 Å². The van der Waals surface area contributed by atoms with Crippen LogP contribution in [0.1, 0.15) is 82.2 Å². The highest BCUT2D eigenvalue weighted by atomic mass is 19.4. The Morgan fingerprint density at radius 1 is 0.952 bits per heavy atom. The normalized spacial score (nSPS) is 20.9. The standard InChI is InChI=1S/C30H34F7NO4/c1-17(19-11-20(29(32,33)34)13-21(12-19)30(35,36)37)41-24-15-38(26(40)42-27(2,3)4)23(14-28(5,6)16-39)25(24)18-7-9-22(31)10-8-18/h7-13,16-17,23-25H,14-15H2,1-6H3/t17-,23+,24+,25+/m1/s1. The van der Waals surface area contributed by atoms with Crippen molar-refractivity contribution in [1.29, 1.82) is 0 Å². The van der Waals surface area contributed by atoms with Crippen LogP contribution in [0.25, 0.3) is 0 Å². The van der Waals surface area contributed by atoms with E-state index in [2.05, 4.69) is 0 Å². The molecule has 0 aliphatic carbocycles. The number of carbonyl (C=O) groups is 2. The van der Waals surface area contributed by atoms with Crippen molar-refractivity contribution in [2.75, 3.05) is 6.54 Å². The van der Waals surface area contributed by atoms with Gasteiger partial charge < -0.3 is 19.2 Å². The molecule has 1 aliphatic rings. The van der Waals surface area contributed by atoms with Crippen molar-refractivity contribution in [3.8, 4) is 0 Å². The van der Waals surface area contributed by atoms with Gasteiger partial charge in [-0.1, -0.05) is 26.0 Å². The first-order chi connectivity index (χ1) is 19.1. The van der Waals surface area contributed by atoms with E-state index in [0.29, 0.717) is 17.7 Å². The molecule has 1 aliphatic heterocycles. The molecule has 0 radical (unpaired) electrons. The third-order valence-corrected chi connectivity index (χ3v) is 6.99. The van der Waals surface area contributed by atoms with E-state index in [4.69, 9.17) is 9.47 Å². The van der Waals surface area contributed by atoms with E-state index in [1.165, 1.54) is 36.1 Å². The lowest BCUT2D eigenvalue weighted by atomic mass is 9.79. The van der Waals surface area contributed by atoms with Gasteiger partial charge in [0.1, 0.15) is 17.7 Å². The number of alkyl halides is 6. The van der Waals surface area contributed by atoms with Crippen molar-refractivity contribution in [3.63, 3.8) is 0 Å². The van der Waals surface area contributed by atoms with Crippen LogP contribution in [0.4, 0.5) is 35.5 Å². The predicted octanol–water partition coefficient (Wildman–Crippen LogP) is 8.33. The number of amides is 1. The minimum absolute atomic E-state index is 0.0366. The second-order valence-corrected chi connectivity index (χ2v) is 12.2. The smallest absolute Gasteiger partial charge is 0.416 e. The lowest BCUT2D eigenvalue weighted by molar-refractivity contribution is -0.143. The van der Waals surface area contributed by atoms with E-state index in [9.17, 15) is 40.3 Å². The third-order valence-electron chi connectivity index (χ3n) is 6.99. The van der Waals surface area contributed by atoms with Gasteiger partial charge in [-0.25, -0.2) is 9.18 Å². The zero-order valence-corrected chi connectivity index (χ0v) is 24.1. The van der Waals surface area contributed by atoms with Crippen molar-refractivity contribution in [2.45, 2.75) is 90.1 Å². The summed E-state index contributed by atoms with van der Waals surface area (Å²) in [6, 6.07) is 5.80. The van der Waals surface area contributed by atoms with Gasteiger partial charge in [-0.05, 0) is 75.6 Å². The van der Waals surface area contributed by atoms with Crippen LogP contribution in [0, 0.1) is 11.2 Å². The second kappa shape index (κ2) is 11.9. The molecule has 42 heavy (non-hydrogen) atoms. The van der Waals surface area contributed by atoms with Gasteiger partial charge >= 0.3 is 18.4 Å². The highest BCUT2D eigenvalue weighted by Gasteiger charge is 2.49. The Bertz CT molecular complexity index is 1230. The summed E-state index contributed by atoms with van der Waals surface area (Å²) in [4.78, 5) is 26.6. The molecule has 2 aromatic carbocycles. The molecule has 0 spiro atoms. The van der Waals surface area contributed by atoms with Gasteiger partial charge in [0.05, 0.1) is 29.9 Å². The maximum atomic E-state index is 13.8. The minimum atomic E-state index is -5.04. The fourth-order valence-corrected chi connectivity index (χ4v) is 5.04. The average molecular weight is 606 g/mol. The summed E-state index contributed by atoms with van der Waals surface area (Å²) >= 11 is 0. The molecule has 12 heteroatoms. The van der Waals surface area contributed by atoms with Gasteiger partial charge in [-0.15, -0.1) is 0 Å². The van der Waals surface area contributed by atoms with Crippen LogP contribution in [-0.4, -0.2) is 41.6 Å². The van der Waals surface area contributed by atoms with Gasteiger partial charge in [-0.2, -0.15) is 26.3 Å². The zero-order chi connectivity index (χ0) is 31.8. The van der Waals surface area contributed by atoms with Crippen molar-refractivity contribution in [2.24, 2.45) is 5.41 Å². The monoisotopic (exact) mass is 605 g/mol. The highest BCUT2D eigenvalue weighted by molar-refractivity contribution is 5.70. The molecule has 1 saturated heterocycles. The Morgan fingerprint density at radius 2 is 1.48 bits per heavy atom. The van der Waals surface area contributed by atoms with Crippen molar-refractivity contribution in [3.05, 3.63) is 70.5 Å². The summed E-state index contributed by atoms with van der Waals surface area (Å²) in [5.41, 5.74) is -4.66. The van der Waals surface area contributed by atoms with E-state index in [-0.39, 0.29) is 24.6 Å². The fourth-order valence-electron chi connectivity index (χ4n) is 5.04. The number of likely N-dealkylation sites (tertiary alicyclic amines) is 1. The highest BCUT2D eigenvalue weighted by Crippen LogP contribution is 2.44. The SMILES string of the molecule is C[C@@H](O[C@H]1CN(C(=O)OC(C)(C)C)[C@@H](CC(C)(C)C=O)[C@@H]1c1ccc(F)cc1)c1cc(C(F)(F)F)cc(C(F)(F)F)c1. The first-order valence-corrected chi connectivity index (χ1v) is 13.3. The molecule has 232 valence electrons. The van der Waals surface area contributed by atoms with Crippen LogP contribution < -0.4 is 0 Å². The van der Waals surface area contributed by atoms with E-state index in [0.717, 1.165) is 6.29 Å². The van der Waals surface area contributed by atoms with Crippen LogP contribution in [0.3, 0.4) is 0 Å². The van der Waals surface area contributed by atoms with Gasteiger partial charge in [0.25, 0.3) is 0 Å². The van der Waals surface area contributed by atoms with Gasteiger partial charge in [0.15, 0.2) is 0 Å². The van der Waals surface area contributed by atoms with Crippen LogP contribution in [0.5, 0.6) is 0 Å². The molecule has 0 N–H and O–H groups in total. The summed E-state index contributed by atoms with van der Waals surface area (Å²) in [7, 11) is 0. The molecule has 1 fully saturated rings. The van der Waals surface area contributed by atoms with Crippen molar-refractivity contribution < 1.29 is 49.8 Å². The number of benzene rings is 2. The van der Waals surface area contributed by atoms with E-state index >= 15 is 0 Å². The maximum absolute atomic E-state index is 13.8. The topological polar surface area (TPSA) is 55.8 Å². The largest absolute Gasteiger partial charge is 0.444 e. The first kappa shape index (κ1) is 33.4. The molecule has 0 saturated carbocycles. The minimum Gasteiger partial charge on any atom is -0.444 e. The lowest BCUT2D eigenvalue weighted by Gasteiger charge is -2.34. The van der Waals surface area contributed by atoms with Crippen molar-refractivity contribution >= 4 is 12.4 Å². The van der Waals surface area contributed by atoms with Crippen LogP contribution in [-0.2, 0) is 26.6 Å². The molecule has 4 atom stereocenters. The lowest BCUT2D eigenvalue weighted by Crippen LogP contribution is -2.43. The number of aldehydes is 1. The van der Waals surface area contributed by atoms with E-state index in [1.54, 1.807) is 34.6 Å². The average Bonchev–Trinajstić information content (AvgIpc) is 3.19. The van der Waals surface area contributed by atoms with Crippen LogP contribution >= 0.6 is 0 Å². The quantitative estimate of drug-likeness (QED) is 0.235. The molecule has 2 aromatic rings. The first-order valence-electron chi connectivity index (χ1n) is 13.3. The summed E-state index contributed by atoms with van der Waals surface area (Å²) in [6.45, 7) is 9.46. The Kier molecular flexibility index (Phi) is 9.41. The van der Waals surface area contributed by atoms with Crippen molar-refractivity contribution in [1.82, 2.24) is 4.90 Å². The number of halogens is 7. The molecule has 0 unspecified atom stereocenters. The van der Waals surface area contributed by atoms with Crippen LogP contribution in [0.15, 0.2) is 42.5 Å². The number of carbonyl (C=O) groups excluding carboxylic acids is 2. The predicted molar refractivity (Wildman–Crippen MR) is 140 cm³/mol. The number of hydrogen-bond acceptors (Lipinski definition) is 4. The summed E-state index contributed by atoms with van der Waals surface area (Å²) in [5.74, 6) is -1.27.